The standard InChI is InChI=1S/C24H18ClN3O2S/c1-15-11-21(22(30-2)12-19(15)25)28-23(29)18-5-3-4-6-20(18)27-24(28)31-14-17-9-7-16(13-26)8-10-17/h3-12H,14H2,1-2H3. The third kappa shape index (κ3) is 4.15. The van der Waals surface area contributed by atoms with Crippen molar-refractivity contribution in [3.8, 4) is 17.5 Å². The van der Waals surface area contributed by atoms with E-state index in [0.717, 1.165) is 11.1 Å². The van der Waals surface area contributed by atoms with Gasteiger partial charge in [0.05, 0.1) is 35.3 Å². The molecule has 154 valence electrons. The summed E-state index contributed by atoms with van der Waals surface area (Å²) in [6.07, 6.45) is 0. The molecule has 0 N–H and O–H groups in total. The summed E-state index contributed by atoms with van der Waals surface area (Å²) < 4.78 is 7.12. The van der Waals surface area contributed by atoms with Gasteiger partial charge in [-0.3, -0.25) is 9.36 Å². The molecule has 0 saturated heterocycles. The highest BCUT2D eigenvalue weighted by Crippen LogP contribution is 2.32. The molecule has 4 aromatic rings. The number of ether oxygens (including phenoxy) is 1. The summed E-state index contributed by atoms with van der Waals surface area (Å²) in [7, 11) is 1.55. The van der Waals surface area contributed by atoms with Gasteiger partial charge < -0.3 is 4.74 Å². The number of methoxy groups -OCH3 is 1. The van der Waals surface area contributed by atoms with Crippen molar-refractivity contribution in [2.75, 3.05) is 7.11 Å². The van der Waals surface area contributed by atoms with Crippen LogP contribution in [0.2, 0.25) is 5.02 Å². The van der Waals surface area contributed by atoms with Gasteiger partial charge in [-0.1, -0.05) is 47.6 Å². The van der Waals surface area contributed by atoms with E-state index in [1.54, 1.807) is 35.9 Å². The van der Waals surface area contributed by atoms with Crippen LogP contribution in [-0.2, 0) is 5.75 Å². The zero-order valence-electron chi connectivity index (χ0n) is 16.9. The average molecular weight is 448 g/mol. The van der Waals surface area contributed by atoms with Gasteiger partial charge in [-0.25, -0.2) is 4.98 Å². The maximum atomic E-state index is 13.5. The Morgan fingerprint density at radius 3 is 2.61 bits per heavy atom. The molecule has 0 atom stereocenters. The minimum Gasteiger partial charge on any atom is -0.495 e. The van der Waals surface area contributed by atoms with Crippen molar-refractivity contribution in [1.82, 2.24) is 9.55 Å². The summed E-state index contributed by atoms with van der Waals surface area (Å²) in [5.74, 6) is 1.08. The molecule has 5 nitrogen and oxygen atoms in total. The smallest absolute Gasteiger partial charge is 0.266 e. The lowest BCUT2D eigenvalue weighted by Gasteiger charge is -2.17. The molecule has 7 heteroatoms. The molecule has 0 spiro atoms. The first-order valence-corrected chi connectivity index (χ1v) is 10.9. The lowest BCUT2D eigenvalue weighted by molar-refractivity contribution is 0.411. The lowest BCUT2D eigenvalue weighted by Crippen LogP contribution is -2.22. The number of benzene rings is 3. The third-order valence-electron chi connectivity index (χ3n) is 4.90. The highest BCUT2D eigenvalue weighted by molar-refractivity contribution is 7.98. The Balaban J connectivity index is 1.87. The van der Waals surface area contributed by atoms with Crippen LogP contribution in [0.4, 0.5) is 0 Å². The predicted octanol–water partition coefficient (Wildman–Crippen LogP) is 5.52. The van der Waals surface area contributed by atoms with Crippen molar-refractivity contribution in [1.29, 1.82) is 5.26 Å². The summed E-state index contributed by atoms with van der Waals surface area (Å²) in [6, 6.07) is 20.3. The van der Waals surface area contributed by atoms with E-state index in [1.165, 1.54) is 11.8 Å². The number of hydrogen-bond acceptors (Lipinski definition) is 5. The van der Waals surface area contributed by atoms with Crippen molar-refractivity contribution in [2.45, 2.75) is 17.8 Å². The van der Waals surface area contributed by atoms with Gasteiger partial charge in [0.1, 0.15) is 5.75 Å². The first-order valence-electron chi connectivity index (χ1n) is 9.50. The van der Waals surface area contributed by atoms with Crippen LogP contribution >= 0.6 is 23.4 Å². The second-order valence-electron chi connectivity index (χ2n) is 6.92. The summed E-state index contributed by atoms with van der Waals surface area (Å²) >= 11 is 7.73. The fraction of sp³-hybridized carbons (Fsp3) is 0.125. The van der Waals surface area contributed by atoms with Crippen LogP contribution < -0.4 is 10.3 Å². The van der Waals surface area contributed by atoms with Crippen LogP contribution in [0, 0.1) is 18.3 Å². The van der Waals surface area contributed by atoms with E-state index in [9.17, 15) is 4.79 Å². The SMILES string of the molecule is COc1cc(Cl)c(C)cc1-n1c(SCc2ccc(C#N)cc2)nc2ccccc2c1=O. The molecule has 0 amide bonds. The van der Waals surface area contributed by atoms with Gasteiger partial charge in [0.2, 0.25) is 0 Å². The maximum Gasteiger partial charge on any atom is 0.266 e. The summed E-state index contributed by atoms with van der Waals surface area (Å²) in [6.45, 7) is 1.88. The number of fused-ring (bicyclic) bond motifs is 1. The highest BCUT2D eigenvalue weighted by Gasteiger charge is 2.18. The zero-order chi connectivity index (χ0) is 22.0. The van der Waals surface area contributed by atoms with Crippen molar-refractivity contribution in [3.05, 3.63) is 92.7 Å². The number of thioether (sulfide) groups is 1. The van der Waals surface area contributed by atoms with E-state index < -0.39 is 0 Å². The fourth-order valence-electron chi connectivity index (χ4n) is 3.23. The van der Waals surface area contributed by atoms with Crippen molar-refractivity contribution < 1.29 is 4.74 Å². The second-order valence-corrected chi connectivity index (χ2v) is 8.27. The van der Waals surface area contributed by atoms with Gasteiger partial charge in [0, 0.05) is 16.8 Å². The number of nitrogens with zero attached hydrogens (tertiary/aromatic N) is 3. The Kier molecular flexibility index (Phi) is 5.99. The third-order valence-corrected chi connectivity index (χ3v) is 6.31. The Morgan fingerprint density at radius 1 is 1.16 bits per heavy atom. The van der Waals surface area contributed by atoms with Gasteiger partial charge >= 0.3 is 0 Å². The van der Waals surface area contributed by atoms with E-state index in [0.29, 0.717) is 43.8 Å². The second kappa shape index (κ2) is 8.84. The van der Waals surface area contributed by atoms with Gasteiger partial charge in [-0.15, -0.1) is 0 Å². The fourth-order valence-corrected chi connectivity index (χ4v) is 4.35. The van der Waals surface area contributed by atoms with Crippen LogP contribution in [0.25, 0.3) is 16.6 Å². The summed E-state index contributed by atoms with van der Waals surface area (Å²) in [5.41, 5.74) is 3.52. The van der Waals surface area contributed by atoms with E-state index in [2.05, 4.69) is 6.07 Å². The van der Waals surface area contributed by atoms with Crippen LogP contribution in [0.15, 0.2) is 70.6 Å². The van der Waals surface area contributed by atoms with E-state index in [4.69, 9.17) is 26.6 Å². The zero-order valence-corrected chi connectivity index (χ0v) is 18.5. The van der Waals surface area contributed by atoms with Crippen LogP contribution in [0.1, 0.15) is 16.7 Å². The highest BCUT2D eigenvalue weighted by atomic mass is 35.5. The molecule has 0 aliphatic rings. The van der Waals surface area contributed by atoms with Gasteiger partial charge in [-0.2, -0.15) is 5.26 Å². The molecule has 1 aromatic heterocycles. The monoisotopic (exact) mass is 447 g/mol. The number of para-hydroxylation sites is 1. The van der Waals surface area contributed by atoms with Crippen molar-refractivity contribution in [3.63, 3.8) is 0 Å². The van der Waals surface area contributed by atoms with Crippen LogP contribution in [-0.4, -0.2) is 16.7 Å². The molecule has 0 unspecified atom stereocenters. The quantitative estimate of drug-likeness (QED) is 0.297. The molecule has 31 heavy (non-hydrogen) atoms. The summed E-state index contributed by atoms with van der Waals surface area (Å²) in [5, 5.41) is 10.6. The van der Waals surface area contributed by atoms with Crippen molar-refractivity contribution in [2.24, 2.45) is 0 Å². The summed E-state index contributed by atoms with van der Waals surface area (Å²) in [4.78, 5) is 18.3. The topological polar surface area (TPSA) is 67.9 Å². The Morgan fingerprint density at radius 2 is 1.90 bits per heavy atom. The molecule has 0 aliphatic heterocycles. The molecule has 4 rings (SSSR count). The lowest BCUT2D eigenvalue weighted by atomic mass is 10.2. The van der Waals surface area contributed by atoms with Crippen LogP contribution in [0.5, 0.6) is 5.75 Å². The molecule has 0 radical (unpaired) electrons. The van der Waals surface area contributed by atoms with Crippen LogP contribution in [0.3, 0.4) is 0 Å². The molecular weight excluding hydrogens is 430 g/mol. The number of aromatic nitrogens is 2. The largest absolute Gasteiger partial charge is 0.495 e. The molecule has 0 fully saturated rings. The molecule has 3 aromatic carbocycles. The molecule has 1 heterocycles. The minimum absolute atomic E-state index is 0.173. The van der Waals surface area contributed by atoms with Gasteiger partial charge in [0.25, 0.3) is 5.56 Å². The molecule has 0 saturated carbocycles. The number of nitriles is 1. The van der Waals surface area contributed by atoms with E-state index >= 15 is 0 Å². The Labute approximate surface area is 188 Å². The minimum atomic E-state index is -0.173. The van der Waals surface area contributed by atoms with Crippen molar-refractivity contribution >= 4 is 34.3 Å². The molecule has 0 bridgehead atoms. The number of aryl methyl sites for hydroxylation is 1. The Hall–Kier alpha value is -3.27. The normalized spacial score (nSPS) is 10.8. The van der Waals surface area contributed by atoms with Gasteiger partial charge in [0.15, 0.2) is 5.16 Å². The Bertz CT molecular complexity index is 1370. The first kappa shape index (κ1) is 21.0. The molecule has 0 aliphatic carbocycles. The first-order chi connectivity index (χ1) is 15.0. The molecular formula is C24H18ClN3O2S. The maximum absolute atomic E-state index is 13.5. The number of halogens is 1. The van der Waals surface area contributed by atoms with Gasteiger partial charge in [-0.05, 0) is 48.4 Å². The average Bonchev–Trinajstić information content (AvgIpc) is 2.80. The van der Waals surface area contributed by atoms with E-state index in [-0.39, 0.29) is 5.56 Å². The predicted molar refractivity (Wildman–Crippen MR) is 124 cm³/mol. The van der Waals surface area contributed by atoms with E-state index in [1.807, 2.05) is 43.3 Å². The number of rotatable bonds is 5. The number of hydrogen-bond donors (Lipinski definition) is 0.